The number of ether oxygens (including phenoxy) is 1. The van der Waals surface area contributed by atoms with Crippen LogP contribution in [0.2, 0.25) is 0 Å². The number of pyridine rings is 1. The summed E-state index contributed by atoms with van der Waals surface area (Å²) in [7, 11) is 0. The minimum atomic E-state index is -0.996. The van der Waals surface area contributed by atoms with Crippen molar-refractivity contribution in [1.29, 1.82) is 0 Å². The Hall–Kier alpha value is -8.19. The van der Waals surface area contributed by atoms with Crippen LogP contribution in [0.15, 0.2) is 188 Å². The number of para-hydroxylation sites is 3. The van der Waals surface area contributed by atoms with Gasteiger partial charge in [0.25, 0.3) is 0 Å². The summed E-state index contributed by atoms with van der Waals surface area (Å²) in [5.74, 6) is -0.917. The second kappa shape index (κ2) is 22.2. The monoisotopic (exact) mass is 1280 g/mol. The third kappa shape index (κ3) is 10.8. The normalized spacial score (nSPS) is 12.7. The molecule has 3 heterocycles. The van der Waals surface area contributed by atoms with E-state index in [1.807, 2.05) is 103 Å². The van der Waals surface area contributed by atoms with E-state index in [9.17, 15) is 4.39 Å². The van der Waals surface area contributed by atoms with Gasteiger partial charge in [-0.15, -0.1) is 53.6 Å². The molecular formula is C74H64F3N4OPt-3. The molecular weight excluding hydrogens is 1210 g/mol. The molecule has 9 heteroatoms. The third-order valence-corrected chi connectivity index (χ3v) is 15.8. The largest absolute Gasteiger partial charge is 0.509 e. The predicted octanol–water partition coefficient (Wildman–Crippen LogP) is 20.9. The van der Waals surface area contributed by atoms with Crippen molar-refractivity contribution in [3.05, 3.63) is 247 Å². The maximum absolute atomic E-state index is 16.8. The van der Waals surface area contributed by atoms with Crippen LogP contribution in [0.5, 0.6) is 11.5 Å². The zero-order valence-electron chi connectivity index (χ0n) is 48.3. The van der Waals surface area contributed by atoms with Crippen LogP contribution in [0.1, 0.15) is 103 Å². The summed E-state index contributed by atoms with van der Waals surface area (Å²) in [6.07, 6.45) is 1.87. The molecule has 9 aromatic carbocycles. The van der Waals surface area contributed by atoms with Gasteiger partial charge in [0.2, 0.25) is 0 Å². The molecule has 0 radical (unpaired) electrons. The summed E-state index contributed by atoms with van der Waals surface area (Å²) < 4.78 is 57.7. The summed E-state index contributed by atoms with van der Waals surface area (Å²) in [6, 6.07) is 66.9. The van der Waals surface area contributed by atoms with Crippen LogP contribution in [0, 0.1) is 36.3 Å². The van der Waals surface area contributed by atoms with Crippen molar-refractivity contribution in [2.75, 3.05) is 9.80 Å². The Morgan fingerprint density at radius 3 is 1.76 bits per heavy atom. The third-order valence-electron chi connectivity index (χ3n) is 15.8. The van der Waals surface area contributed by atoms with E-state index in [0.29, 0.717) is 22.9 Å². The van der Waals surface area contributed by atoms with Gasteiger partial charge in [-0.1, -0.05) is 178 Å². The van der Waals surface area contributed by atoms with Gasteiger partial charge in [0.05, 0.1) is 5.56 Å². The molecule has 0 spiro atoms. The maximum atomic E-state index is 16.8. The van der Waals surface area contributed by atoms with E-state index < -0.39 is 22.9 Å². The van der Waals surface area contributed by atoms with Crippen molar-refractivity contribution in [2.24, 2.45) is 0 Å². The Labute approximate surface area is 500 Å². The Morgan fingerprint density at radius 1 is 0.506 bits per heavy atom. The zero-order valence-corrected chi connectivity index (χ0v) is 50.5. The van der Waals surface area contributed by atoms with Gasteiger partial charge in [-0.25, -0.2) is 18.2 Å². The van der Waals surface area contributed by atoms with Gasteiger partial charge in [-0.3, -0.25) is 0 Å². The molecule has 0 saturated carbocycles. The average molecular weight is 1280 g/mol. The molecule has 420 valence electrons. The Bertz CT molecular complexity index is 4220. The molecule has 0 aliphatic carbocycles. The van der Waals surface area contributed by atoms with Crippen molar-refractivity contribution in [1.82, 2.24) is 9.55 Å². The van der Waals surface area contributed by atoms with E-state index in [4.69, 9.17) is 9.72 Å². The van der Waals surface area contributed by atoms with Crippen molar-refractivity contribution in [3.8, 4) is 61.8 Å². The molecule has 0 N–H and O–H groups in total. The molecule has 12 rings (SSSR count). The topological polar surface area (TPSA) is 33.5 Å². The molecule has 1 aliphatic heterocycles. The van der Waals surface area contributed by atoms with Crippen molar-refractivity contribution in [3.63, 3.8) is 0 Å². The molecule has 5 nitrogen and oxygen atoms in total. The molecule has 0 amide bonds. The minimum Gasteiger partial charge on any atom is -0.509 e. The second-order valence-electron chi connectivity index (χ2n) is 24.2. The number of nitrogens with zero attached hydrogens (tertiary/aromatic N) is 4. The number of benzene rings is 9. The van der Waals surface area contributed by atoms with Crippen molar-refractivity contribution >= 4 is 44.6 Å². The summed E-state index contributed by atoms with van der Waals surface area (Å²) in [4.78, 5) is 8.99. The molecule has 11 aromatic rings. The van der Waals surface area contributed by atoms with Gasteiger partial charge in [0.1, 0.15) is 23.3 Å². The first-order valence-electron chi connectivity index (χ1n) is 28.1. The van der Waals surface area contributed by atoms with Gasteiger partial charge in [0.15, 0.2) is 0 Å². The van der Waals surface area contributed by atoms with Gasteiger partial charge in [-0.2, -0.15) is 6.07 Å². The summed E-state index contributed by atoms with van der Waals surface area (Å²) in [5.41, 5.74) is 13.8. The number of halogens is 3. The van der Waals surface area contributed by atoms with E-state index in [1.165, 1.54) is 0 Å². The molecule has 2 aromatic heterocycles. The van der Waals surface area contributed by atoms with Crippen LogP contribution < -0.4 is 14.5 Å². The molecule has 0 bridgehead atoms. The molecule has 0 saturated heterocycles. The second-order valence-corrected chi connectivity index (χ2v) is 24.2. The van der Waals surface area contributed by atoms with E-state index in [1.54, 1.807) is 0 Å². The summed E-state index contributed by atoms with van der Waals surface area (Å²) in [6.45, 7) is 23.5. The standard InChI is InChI=1S/C74H64F3N4O.Pt/c1-45(2)48-32-49(46(3)4)34-50(33-48)62-37-53(74(8,9)10)38-63(71-64(76)40-54(75)41-65(71)77)72(62)80-44-79(67-26-18-19-27-68(67)80)55-35-51(59-23-15-14-22-58(59)47-20-12-11-13-21-47)36-57(42-55)82-56-28-29-61-60-24-16-17-25-66(60)81(69(61)43-56)70-39-52(30-31-78-70)73(5,6)7;/h11-41,44-46H,1-10H3;/q-3;. The maximum Gasteiger partial charge on any atom is 0.136 e. The summed E-state index contributed by atoms with van der Waals surface area (Å²) in [5, 5.41) is 2.08. The Balaban J connectivity index is 0.00000721. The molecule has 1 aliphatic rings. The Kier molecular flexibility index (Phi) is 15.1. The van der Waals surface area contributed by atoms with E-state index in [2.05, 4.69) is 176 Å². The predicted molar refractivity (Wildman–Crippen MR) is 331 cm³/mol. The molecule has 0 atom stereocenters. The minimum absolute atomic E-state index is 0. The number of hydrogen-bond acceptors (Lipinski definition) is 4. The van der Waals surface area contributed by atoms with Crippen LogP contribution in [0.3, 0.4) is 0 Å². The molecule has 83 heavy (non-hydrogen) atoms. The molecule has 0 fully saturated rings. The number of aromatic nitrogens is 2. The van der Waals surface area contributed by atoms with E-state index in [-0.39, 0.29) is 49.4 Å². The van der Waals surface area contributed by atoms with Gasteiger partial charge >= 0.3 is 0 Å². The number of hydrogen-bond donors (Lipinski definition) is 0. The smallest absolute Gasteiger partial charge is 0.136 e. The van der Waals surface area contributed by atoms with Crippen molar-refractivity contribution in [2.45, 2.75) is 91.9 Å². The van der Waals surface area contributed by atoms with Gasteiger partial charge < -0.3 is 19.1 Å². The summed E-state index contributed by atoms with van der Waals surface area (Å²) >= 11 is 0. The van der Waals surface area contributed by atoms with Gasteiger partial charge in [-0.05, 0) is 115 Å². The van der Waals surface area contributed by atoms with Gasteiger partial charge in [0, 0.05) is 84.6 Å². The first kappa shape index (κ1) is 56.7. The number of anilines is 4. The number of fused-ring (bicyclic) bond motifs is 4. The van der Waals surface area contributed by atoms with E-state index in [0.717, 1.165) is 107 Å². The zero-order chi connectivity index (χ0) is 57.4. The van der Waals surface area contributed by atoms with E-state index >= 15 is 8.78 Å². The average Bonchev–Trinajstić information content (AvgIpc) is 2.25. The Morgan fingerprint density at radius 2 is 1.10 bits per heavy atom. The quantitative estimate of drug-likeness (QED) is 0.121. The first-order valence-corrected chi connectivity index (χ1v) is 28.1. The van der Waals surface area contributed by atoms with Crippen LogP contribution in [-0.2, 0) is 31.9 Å². The first-order chi connectivity index (χ1) is 39.3. The fraction of sp³-hybridized carbons (Fsp3) is 0.189. The SMILES string of the molecule is CC(C)c1cc(-c2cc(C(C)(C)C)cc(-c3c(F)cc(F)cc3F)c2N2[CH-]N(c3[c-]c(Oc4[c-]c5c(cc4)c4ccccc4n5-c4cc(C(C)(C)C)ccn4)cc(-c4ccccc4-c4ccccc4)c3)c3ccccc32)cc(C(C)C)c1.[Pt]. The fourth-order valence-electron chi connectivity index (χ4n) is 11.3. The van der Waals surface area contributed by atoms with Crippen LogP contribution in [0.25, 0.3) is 72.1 Å². The van der Waals surface area contributed by atoms with Crippen LogP contribution in [0.4, 0.5) is 35.9 Å². The fourth-order valence-corrected chi connectivity index (χ4v) is 11.3. The van der Waals surface area contributed by atoms with Crippen LogP contribution in [-0.4, -0.2) is 9.55 Å². The number of rotatable bonds is 11. The molecule has 0 unspecified atom stereocenters. The van der Waals surface area contributed by atoms with Crippen LogP contribution >= 0.6 is 0 Å². The van der Waals surface area contributed by atoms with Crippen molar-refractivity contribution < 1.29 is 39.0 Å².